The summed E-state index contributed by atoms with van der Waals surface area (Å²) in [5.41, 5.74) is 0.969. The molecule has 1 amide bonds. The summed E-state index contributed by atoms with van der Waals surface area (Å²) in [4.78, 5) is 15.4. The van der Waals surface area contributed by atoms with E-state index in [0.29, 0.717) is 6.54 Å². The first-order valence-corrected chi connectivity index (χ1v) is 4.70. The number of rotatable bonds is 3. The lowest BCUT2D eigenvalue weighted by molar-refractivity contribution is -0.120. The molecule has 0 radical (unpaired) electrons. The second-order valence-electron chi connectivity index (χ2n) is 3.05. The van der Waals surface area contributed by atoms with Crippen molar-refractivity contribution in [2.24, 2.45) is 0 Å². The zero-order valence-electron chi connectivity index (χ0n) is 8.42. The van der Waals surface area contributed by atoms with Crippen LogP contribution in [0.5, 0.6) is 0 Å². The minimum absolute atomic E-state index is 0.136. The van der Waals surface area contributed by atoms with Gasteiger partial charge in [-0.05, 0) is 17.7 Å². The van der Waals surface area contributed by atoms with Crippen LogP contribution in [0.25, 0.3) is 0 Å². The third kappa shape index (κ3) is 2.60. The molecular formula is C11H10N2O3. The first kappa shape index (κ1) is 10.2. The van der Waals surface area contributed by atoms with E-state index in [-0.39, 0.29) is 11.7 Å². The molecule has 16 heavy (non-hydrogen) atoms. The third-order valence-corrected chi connectivity index (χ3v) is 1.93. The van der Waals surface area contributed by atoms with Gasteiger partial charge in [-0.1, -0.05) is 0 Å². The summed E-state index contributed by atoms with van der Waals surface area (Å²) < 4.78 is 9.78. The quantitative estimate of drug-likeness (QED) is 0.824. The molecule has 1 aliphatic rings. The highest BCUT2D eigenvalue weighted by Gasteiger charge is 2.12. The van der Waals surface area contributed by atoms with Gasteiger partial charge in [-0.3, -0.25) is 9.78 Å². The van der Waals surface area contributed by atoms with Gasteiger partial charge in [0.25, 0.3) is 5.91 Å². The molecule has 0 atom stereocenters. The Kier molecular flexibility index (Phi) is 3.18. The van der Waals surface area contributed by atoms with E-state index in [1.54, 1.807) is 12.4 Å². The average molecular weight is 218 g/mol. The molecule has 82 valence electrons. The van der Waals surface area contributed by atoms with Crippen LogP contribution < -0.4 is 5.32 Å². The van der Waals surface area contributed by atoms with Crippen molar-refractivity contribution < 1.29 is 14.3 Å². The maximum absolute atomic E-state index is 11.5. The first-order chi connectivity index (χ1) is 7.86. The van der Waals surface area contributed by atoms with Crippen LogP contribution >= 0.6 is 0 Å². The van der Waals surface area contributed by atoms with Crippen molar-refractivity contribution in [1.29, 1.82) is 0 Å². The number of carbonyl (C=O) groups is 1. The molecule has 0 spiro atoms. The summed E-state index contributed by atoms with van der Waals surface area (Å²) in [6, 6.07) is 3.65. The molecule has 0 saturated heterocycles. The fourth-order valence-corrected chi connectivity index (χ4v) is 1.14. The zero-order chi connectivity index (χ0) is 11.2. The molecule has 0 saturated carbocycles. The van der Waals surface area contributed by atoms with Crippen LogP contribution in [-0.4, -0.2) is 10.9 Å². The maximum atomic E-state index is 11.5. The minimum atomic E-state index is -0.318. The molecule has 1 aromatic rings. The van der Waals surface area contributed by atoms with E-state index < -0.39 is 0 Å². The largest absolute Gasteiger partial charge is 0.465 e. The molecule has 1 aliphatic heterocycles. The molecule has 0 aromatic carbocycles. The topological polar surface area (TPSA) is 60.5 Å². The second-order valence-corrected chi connectivity index (χ2v) is 3.05. The Morgan fingerprint density at radius 3 is 2.81 bits per heavy atom. The zero-order valence-corrected chi connectivity index (χ0v) is 8.42. The van der Waals surface area contributed by atoms with Crippen LogP contribution in [0.2, 0.25) is 0 Å². The highest BCUT2D eigenvalue weighted by molar-refractivity contribution is 5.91. The Morgan fingerprint density at radius 1 is 1.31 bits per heavy atom. The standard InChI is InChI=1S/C11H10N2O3/c14-11(10-8-15-5-6-16-10)13-7-9-1-3-12-4-2-9/h1-6,8H,7H2,(H,13,14). The minimum Gasteiger partial charge on any atom is -0.465 e. The molecular weight excluding hydrogens is 208 g/mol. The average Bonchev–Trinajstić information content (AvgIpc) is 2.38. The van der Waals surface area contributed by atoms with E-state index in [2.05, 4.69) is 10.3 Å². The molecule has 0 bridgehead atoms. The lowest BCUT2D eigenvalue weighted by Crippen LogP contribution is -2.25. The predicted octanol–water partition coefficient (Wildman–Crippen LogP) is 1.06. The summed E-state index contributed by atoms with van der Waals surface area (Å²) >= 11 is 0. The number of carbonyl (C=O) groups excluding carboxylic acids is 1. The van der Waals surface area contributed by atoms with Crippen molar-refractivity contribution in [3.05, 3.63) is 54.6 Å². The summed E-state index contributed by atoms with van der Waals surface area (Å²) in [5, 5.41) is 2.69. The van der Waals surface area contributed by atoms with Gasteiger partial charge in [-0.25, -0.2) is 0 Å². The van der Waals surface area contributed by atoms with Crippen molar-refractivity contribution in [1.82, 2.24) is 10.3 Å². The molecule has 1 aromatic heterocycles. The third-order valence-electron chi connectivity index (χ3n) is 1.93. The SMILES string of the molecule is O=C(NCc1ccncc1)C1=COC=CO1. The summed E-state index contributed by atoms with van der Waals surface area (Å²) in [5.74, 6) is -0.183. The molecule has 0 fully saturated rings. The highest BCUT2D eigenvalue weighted by Crippen LogP contribution is 2.05. The number of aromatic nitrogens is 1. The smallest absolute Gasteiger partial charge is 0.290 e. The van der Waals surface area contributed by atoms with Gasteiger partial charge in [0.05, 0.1) is 0 Å². The van der Waals surface area contributed by atoms with E-state index in [0.717, 1.165) is 5.56 Å². The van der Waals surface area contributed by atoms with Crippen LogP contribution in [0.15, 0.2) is 49.1 Å². The lowest BCUT2D eigenvalue weighted by atomic mass is 10.3. The molecule has 0 aliphatic carbocycles. The lowest BCUT2D eigenvalue weighted by Gasteiger charge is -2.09. The van der Waals surface area contributed by atoms with Crippen molar-refractivity contribution in [3.63, 3.8) is 0 Å². The van der Waals surface area contributed by atoms with Gasteiger partial charge in [-0.15, -0.1) is 0 Å². The molecule has 0 unspecified atom stereocenters. The number of ether oxygens (including phenoxy) is 2. The number of pyridine rings is 1. The number of amides is 1. The van der Waals surface area contributed by atoms with Crippen LogP contribution in [0.1, 0.15) is 5.56 Å². The maximum Gasteiger partial charge on any atom is 0.290 e. The van der Waals surface area contributed by atoms with Gasteiger partial charge in [-0.2, -0.15) is 0 Å². The van der Waals surface area contributed by atoms with Crippen LogP contribution in [0.3, 0.4) is 0 Å². The van der Waals surface area contributed by atoms with Gasteiger partial charge in [0, 0.05) is 18.9 Å². The highest BCUT2D eigenvalue weighted by atomic mass is 16.5. The Hall–Kier alpha value is -2.30. The number of hydrogen-bond donors (Lipinski definition) is 1. The molecule has 1 N–H and O–H groups in total. The fourth-order valence-electron chi connectivity index (χ4n) is 1.14. The number of hydrogen-bond acceptors (Lipinski definition) is 4. The van der Waals surface area contributed by atoms with Crippen molar-refractivity contribution in [2.75, 3.05) is 0 Å². The summed E-state index contributed by atoms with van der Waals surface area (Å²) in [6.07, 6.45) is 7.25. The van der Waals surface area contributed by atoms with Crippen molar-refractivity contribution in [2.45, 2.75) is 6.54 Å². The Bertz CT molecular complexity index is 426. The van der Waals surface area contributed by atoms with Gasteiger partial charge >= 0.3 is 0 Å². The van der Waals surface area contributed by atoms with Crippen molar-refractivity contribution in [3.8, 4) is 0 Å². The Morgan fingerprint density at radius 2 is 2.12 bits per heavy atom. The van der Waals surface area contributed by atoms with Crippen molar-refractivity contribution >= 4 is 5.91 Å². The molecule has 5 heteroatoms. The number of nitrogens with one attached hydrogen (secondary N) is 1. The van der Waals surface area contributed by atoms with E-state index in [9.17, 15) is 4.79 Å². The van der Waals surface area contributed by atoms with Crippen LogP contribution in [0, 0.1) is 0 Å². The van der Waals surface area contributed by atoms with Gasteiger partial charge in [0.1, 0.15) is 18.8 Å². The molecule has 2 rings (SSSR count). The van der Waals surface area contributed by atoms with E-state index in [1.807, 2.05) is 12.1 Å². The Balaban J connectivity index is 1.87. The monoisotopic (exact) mass is 218 g/mol. The summed E-state index contributed by atoms with van der Waals surface area (Å²) in [7, 11) is 0. The normalized spacial score (nSPS) is 13.4. The van der Waals surface area contributed by atoms with Gasteiger partial charge < -0.3 is 14.8 Å². The first-order valence-electron chi connectivity index (χ1n) is 4.70. The van der Waals surface area contributed by atoms with E-state index in [4.69, 9.17) is 9.47 Å². The fraction of sp³-hybridized carbons (Fsp3) is 0.0909. The van der Waals surface area contributed by atoms with E-state index in [1.165, 1.54) is 18.8 Å². The van der Waals surface area contributed by atoms with Gasteiger partial charge in [0.2, 0.25) is 5.76 Å². The van der Waals surface area contributed by atoms with Crippen LogP contribution in [0.4, 0.5) is 0 Å². The molecule has 2 heterocycles. The Labute approximate surface area is 92.4 Å². The number of nitrogens with zero attached hydrogens (tertiary/aromatic N) is 1. The second kappa shape index (κ2) is 4.97. The van der Waals surface area contributed by atoms with Crippen LogP contribution in [-0.2, 0) is 20.8 Å². The molecule has 5 nitrogen and oxygen atoms in total. The predicted molar refractivity (Wildman–Crippen MR) is 55.5 cm³/mol. The summed E-state index contributed by atoms with van der Waals surface area (Å²) in [6.45, 7) is 0.422. The van der Waals surface area contributed by atoms with E-state index >= 15 is 0 Å². The van der Waals surface area contributed by atoms with Gasteiger partial charge in [0.15, 0.2) is 0 Å².